The molecule has 0 aromatic heterocycles. The SMILES string of the molecule is COc1ccc(NC(=O)C2(OC)CCCC(C)C2)cc1. The van der Waals surface area contributed by atoms with E-state index < -0.39 is 5.60 Å². The zero-order valence-electron chi connectivity index (χ0n) is 12.4. The summed E-state index contributed by atoms with van der Waals surface area (Å²) < 4.78 is 10.7. The Morgan fingerprint density at radius 2 is 2.00 bits per heavy atom. The third kappa shape index (κ3) is 3.12. The molecule has 2 unspecified atom stereocenters. The Bertz CT molecular complexity index is 457. The van der Waals surface area contributed by atoms with Gasteiger partial charge in [-0.05, 0) is 49.4 Å². The van der Waals surface area contributed by atoms with E-state index >= 15 is 0 Å². The van der Waals surface area contributed by atoms with Crippen LogP contribution >= 0.6 is 0 Å². The molecule has 110 valence electrons. The van der Waals surface area contributed by atoms with E-state index in [4.69, 9.17) is 9.47 Å². The Hall–Kier alpha value is -1.55. The second-order valence-electron chi connectivity index (χ2n) is 5.58. The standard InChI is InChI=1S/C16H23NO3/c1-12-5-4-10-16(11-12,20-3)15(18)17-13-6-8-14(19-2)9-7-13/h6-9,12H,4-5,10-11H2,1-3H3,(H,17,18). The summed E-state index contributed by atoms with van der Waals surface area (Å²) in [5, 5.41) is 2.96. The lowest BCUT2D eigenvalue weighted by molar-refractivity contribution is -0.143. The summed E-state index contributed by atoms with van der Waals surface area (Å²) in [6.45, 7) is 2.17. The van der Waals surface area contributed by atoms with Gasteiger partial charge in [-0.1, -0.05) is 13.3 Å². The van der Waals surface area contributed by atoms with Crippen molar-refractivity contribution >= 4 is 11.6 Å². The van der Waals surface area contributed by atoms with Gasteiger partial charge < -0.3 is 14.8 Å². The Morgan fingerprint density at radius 1 is 1.30 bits per heavy atom. The van der Waals surface area contributed by atoms with Crippen LogP contribution in [-0.4, -0.2) is 25.7 Å². The van der Waals surface area contributed by atoms with Gasteiger partial charge in [0, 0.05) is 12.8 Å². The molecule has 0 heterocycles. The van der Waals surface area contributed by atoms with E-state index in [2.05, 4.69) is 12.2 Å². The van der Waals surface area contributed by atoms with Crippen molar-refractivity contribution in [1.29, 1.82) is 0 Å². The van der Waals surface area contributed by atoms with Gasteiger partial charge in [-0.15, -0.1) is 0 Å². The maximum absolute atomic E-state index is 12.6. The molecule has 1 aliphatic rings. The maximum atomic E-state index is 12.6. The quantitative estimate of drug-likeness (QED) is 0.919. The maximum Gasteiger partial charge on any atom is 0.256 e. The van der Waals surface area contributed by atoms with Gasteiger partial charge in [0.1, 0.15) is 11.4 Å². The van der Waals surface area contributed by atoms with Gasteiger partial charge in [-0.2, -0.15) is 0 Å². The molecule has 2 rings (SSSR count). The minimum Gasteiger partial charge on any atom is -0.497 e. The van der Waals surface area contributed by atoms with Crippen molar-refractivity contribution in [3.05, 3.63) is 24.3 Å². The molecule has 1 aromatic rings. The predicted octanol–water partition coefficient (Wildman–Crippen LogP) is 3.23. The molecule has 20 heavy (non-hydrogen) atoms. The van der Waals surface area contributed by atoms with Crippen molar-refractivity contribution in [3.63, 3.8) is 0 Å². The van der Waals surface area contributed by atoms with Crippen LogP contribution in [-0.2, 0) is 9.53 Å². The van der Waals surface area contributed by atoms with Crippen LogP contribution in [0.3, 0.4) is 0 Å². The molecule has 1 amide bonds. The highest BCUT2D eigenvalue weighted by atomic mass is 16.5. The van der Waals surface area contributed by atoms with Crippen LogP contribution in [0.4, 0.5) is 5.69 Å². The number of methoxy groups -OCH3 is 2. The summed E-state index contributed by atoms with van der Waals surface area (Å²) >= 11 is 0. The van der Waals surface area contributed by atoms with Gasteiger partial charge in [0.25, 0.3) is 5.91 Å². The molecule has 0 aliphatic heterocycles. The number of rotatable bonds is 4. The lowest BCUT2D eigenvalue weighted by Crippen LogP contribution is -2.47. The second-order valence-corrected chi connectivity index (χ2v) is 5.58. The Morgan fingerprint density at radius 3 is 2.55 bits per heavy atom. The first-order chi connectivity index (χ1) is 9.59. The Balaban J connectivity index is 2.08. The molecule has 1 fully saturated rings. The smallest absolute Gasteiger partial charge is 0.256 e. The van der Waals surface area contributed by atoms with Crippen LogP contribution in [0.25, 0.3) is 0 Å². The van der Waals surface area contributed by atoms with E-state index in [1.165, 1.54) is 6.42 Å². The molecule has 1 N–H and O–H groups in total. The topological polar surface area (TPSA) is 47.6 Å². The summed E-state index contributed by atoms with van der Waals surface area (Å²) in [5.41, 5.74) is 0.0860. The minimum absolute atomic E-state index is 0.0447. The molecule has 1 saturated carbocycles. The highest BCUT2D eigenvalue weighted by Crippen LogP contribution is 2.35. The van der Waals surface area contributed by atoms with Crippen LogP contribution < -0.4 is 10.1 Å². The highest BCUT2D eigenvalue weighted by Gasteiger charge is 2.41. The number of anilines is 1. The van der Waals surface area contributed by atoms with E-state index in [1.54, 1.807) is 14.2 Å². The zero-order valence-corrected chi connectivity index (χ0v) is 12.4. The van der Waals surface area contributed by atoms with Gasteiger partial charge >= 0.3 is 0 Å². The Kier molecular flexibility index (Phi) is 4.65. The summed E-state index contributed by atoms with van der Waals surface area (Å²) in [7, 11) is 3.25. The highest BCUT2D eigenvalue weighted by molar-refractivity contribution is 5.97. The number of ether oxygens (including phenoxy) is 2. The molecular formula is C16H23NO3. The predicted molar refractivity (Wildman–Crippen MR) is 79.0 cm³/mol. The average Bonchev–Trinajstić information content (AvgIpc) is 2.47. The third-order valence-corrected chi connectivity index (χ3v) is 4.11. The van der Waals surface area contributed by atoms with Gasteiger partial charge in [0.15, 0.2) is 0 Å². The second kappa shape index (κ2) is 6.27. The lowest BCUT2D eigenvalue weighted by atomic mass is 9.78. The van der Waals surface area contributed by atoms with Crippen molar-refractivity contribution in [1.82, 2.24) is 0 Å². The van der Waals surface area contributed by atoms with E-state index in [0.29, 0.717) is 5.92 Å². The van der Waals surface area contributed by atoms with Crippen molar-refractivity contribution < 1.29 is 14.3 Å². The molecule has 1 aliphatic carbocycles. The molecule has 2 atom stereocenters. The van der Waals surface area contributed by atoms with Crippen molar-refractivity contribution in [2.24, 2.45) is 5.92 Å². The van der Waals surface area contributed by atoms with Crippen molar-refractivity contribution in [2.75, 3.05) is 19.5 Å². The van der Waals surface area contributed by atoms with E-state index in [-0.39, 0.29) is 5.91 Å². The monoisotopic (exact) mass is 277 g/mol. The van der Waals surface area contributed by atoms with E-state index in [1.807, 2.05) is 24.3 Å². The number of amides is 1. The lowest BCUT2D eigenvalue weighted by Gasteiger charge is -2.37. The minimum atomic E-state index is -0.683. The van der Waals surface area contributed by atoms with Crippen LogP contribution in [0.2, 0.25) is 0 Å². The van der Waals surface area contributed by atoms with Gasteiger partial charge in [0.2, 0.25) is 0 Å². The molecule has 0 radical (unpaired) electrons. The number of carbonyl (C=O) groups is 1. The Labute approximate surface area is 120 Å². The first kappa shape index (κ1) is 14.9. The fourth-order valence-corrected chi connectivity index (χ4v) is 2.91. The zero-order chi connectivity index (χ0) is 14.6. The number of hydrogen-bond donors (Lipinski definition) is 1. The molecular weight excluding hydrogens is 254 g/mol. The van der Waals surface area contributed by atoms with E-state index in [9.17, 15) is 4.79 Å². The molecule has 0 saturated heterocycles. The molecule has 0 bridgehead atoms. The van der Waals surface area contributed by atoms with E-state index in [0.717, 1.165) is 30.7 Å². The van der Waals surface area contributed by atoms with Gasteiger partial charge in [0.05, 0.1) is 7.11 Å². The molecule has 4 heteroatoms. The molecule has 1 aromatic carbocycles. The van der Waals surface area contributed by atoms with Crippen LogP contribution in [0.15, 0.2) is 24.3 Å². The molecule has 4 nitrogen and oxygen atoms in total. The fourth-order valence-electron chi connectivity index (χ4n) is 2.91. The number of carbonyl (C=O) groups excluding carboxylic acids is 1. The first-order valence-electron chi connectivity index (χ1n) is 7.10. The number of hydrogen-bond acceptors (Lipinski definition) is 3. The fraction of sp³-hybridized carbons (Fsp3) is 0.562. The van der Waals surface area contributed by atoms with Gasteiger partial charge in [-0.3, -0.25) is 4.79 Å². The number of nitrogens with one attached hydrogen (secondary N) is 1. The third-order valence-electron chi connectivity index (χ3n) is 4.11. The first-order valence-corrected chi connectivity index (χ1v) is 7.10. The summed E-state index contributed by atoms with van der Waals surface area (Å²) in [4.78, 5) is 12.6. The summed E-state index contributed by atoms with van der Waals surface area (Å²) in [5.74, 6) is 1.25. The average molecular weight is 277 g/mol. The van der Waals surface area contributed by atoms with Gasteiger partial charge in [-0.25, -0.2) is 0 Å². The van der Waals surface area contributed by atoms with Crippen LogP contribution in [0.1, 0.15) is 32.6 Å². The largest absolute Gasteiger partial charge is 0.497 e. The van der Waals surface area contributed by atoms with Crippen LogP contribution in [0.5, 0.6) is 5.75 Å². The van der Waals surface area contributed by atoms with Crippen molar-refractivity contribution in [2.45, 2.75) is 38.2 Å². The molecule has 0 spiro atoms. The number of benzene rings is 1. The van der Waals surface area contributed by atoms with Crippen molar-refractivity contribution in [3.8, 4) is 5.75 Å². The summed E-state index contributed by atoms with van der Waals surface area (Å²) in [6.07, 6.45) is 3.77. The summed E-state index contributed by atoms with van der Waals surface area (Å²) in [6, 6.07) is 7.34. The van der Waals surface area contributed by atoms with Crippen LogP contribution in [0, 0.1) is 5.92 Å². The normalized spacial score (nSPS) is 26.1.